The predicted molar refractivity (Wildman–Crippen MR) is 109 cm³/mol. The van der Waals surface area contributed by atoms with Gasteiger partial charge in [0.1, 0.15) is 11.1 Å². The van der Waals surface area contributed by atoms with E-state index in [1.54, 1.807) is 35.8 Å². The van der Waals surface area contributed by atoms with Crippen LogP contribution in [0.1, 0.15) is 40.1 Å². The Balaban J connectivity index is 1.73. The quantitative estimate of drug-likeness (QED) is 0.652. The molecule has 0 spiro atoms. The normalized spacial score (nSPS) is 13.7. The number of hydrogen-bond acceptors (Lipinski definition) is 4. The highest BCUT2D eigenvalue weighted by atomic mass is 35.5. The molecule has 3 aromatic rings. The molecule has 2 aromatic heterocycles. The van der Waals surface area contributed by atoms with Crippen molar-refractivity contribution in [1.82, 2.24) is 9.78 Å². The van der Waals surface area contributed by atoms with Crippen LogP contribution in [-0.4, -0.2) is 16.0 Å². The van der Waals surface area contributed by atoms with E-state index >= 15 is 0 Å². The zero-order valence-electron chi connectivity index (χ0n) is 14.8. The number of nitrogens with zero attached hydrogens (tertiary/aromatic N) is 3. The fraction of sp³-hybridized carbons (Fsp3) is 0.250. The van der Waals surface area contributed by atoms with E-state index in [0.717, 1.165) is 31.2 Å². The molecule has 0 atom stereocenters. The molecule has 0 amide bonds. The summed E-state index contributed by atoms with van der Waals surface area (Å²) in [5.41, 5.74) is 3.46. The fourth-order valence-electron chi connectivity index (χ4n) is 3.39. The van der Waals surface area contributed by atoms with Crippen LogP contribution in [0.5, 0.6) is 0 Å². The Bertz CT molecular complexity index is 1150. The number of nitriles is 1. The molecule has 0 saturated carbocycles. The smallest absolute Gasteiger partial charge is 0.280 e. The van der Waals surface area contributed by atoms with Crippen molar-refractivity contribution in [1.29, 1.82) is 5.26 Å². The summed E-state index contributed by atoms with van der Waals surface area (Å²) in [5.74, 6) is 0. The van der Waals surface area contributed by atoms with Crippen LogP contribution in [0.2, 0.25) is 5.02 Å². The van der Waals surface area contributed by atoms with Crippen molar-refractivity contribution in [3.8, 4) is 11.8 Å². The molecule has 0 fully saturated rings. The number of hydrogen-bond donors (Lipinski definition) is 1. The third-order valence-electron chi connectivity index (χ3n) is 4.76. The maximum Gasteiger partial charge on any atom is 0.280 e. The van der Waals surface area contributed by atoms with E-state index in [1.165, 1.54) is 9.56 Å². The molecule has 1 aromatic carbocycles. The lowest BCUT2D eigenvalue weighted by molar-refractivity contribution is 0.696. The number of thiophene rings is 1. The SMILES string of the molecule is Cc1[nH]n(-c2cccc(Cl)c2)c(=O)c1/C=N/c1sc2c(c1C#N)CCCC2. The molecule has 27 heavy (non-hydrogen) atoms. The standard InChI is InChI=1S/C20H17ClN4OS/c1-12-17(20(26)25(24-12)14-6-4-5-13(21)9-14)11-23-19-16(10-22)15-7-2-3-8-18(15)27-19/h4-6,9,11,24H,2-3,7-8H2,1H3/b23-11+. The monoisotopic (exact) mass is 396 g/mol. The van der Waals surface area contributed by atoms with E-state index in [2.05, 4.69) is 16.2 Å². The molecule has 0 unspecified atom stereocenters. The van der Waals surface area contributed by atoms with Crippen LogP contribution < -0.4 is 5.56 Å². The first-order valence-corrected chi connectivity index (χ1v) is 9.94. The Kier molecular flexibility index (Phi) is 4.73. The Morgan fingerprint density at radius 2 is 2.19 bits per heavy atom. The average Bonchev–Trinajstić information content (AvgIpc) is 3.16. The van der Waals surface area contributed by atoms with Crippen molar-refractivity contribution in [2.75, 3.05) is 0 Å². The number of nitrogens with one attached hydrogen (secondary N) is 1. The number of H-pyrrole nitrogens is 1. The molecule has 1 N–H and O–H groups in total. The molecule has 1 aliphatic rings. The molecule has 2 heterocycles. The van der Waals surface area contributed by atoms with E-state index < -0.39 is 0 Å². The van der Waals surface area contributed by atoms with Crippen molar-refractivity contribution >= 4 is 34.2 Å². The molecule has 0 bridgehead atoms. The summed E-state index contributed by atoms with van der Waals surface area (Å²) in [6.07, 6.45) is 5.78. The van der Waals surface area contributed by atoms with Crippen LogP contribution in [0.15, 0.2) is 34.1 Å². The second-order valence-electron chi connectivity index (χ2n) is 6.53. The minimum Gasteiger partial charge on any atom is -0.295 e. The van der Waals surface area contributed by atoms with Gasteiger partial charge in [0, 0.05) is 21.8 Å². The van der Waals surface area contributed by atoms with Gasteiger partial charge in [0.15, 0.2) is 0 Å². The first-order chi connectivity index (χ1) is 13.1. The van der Waals surface area contributed by atoms with Gasteiger partial charge in [-0.15, -0.1) is 11.3 Å². The number of aryl methyl sites for hydroxylation is 2. The van der Waals surface area contributed by atoms with Gasteiger partial charge in [-0.3, -0.25) is 9.89 Å². The van der Waals surface area contributed by atoms with Gasteiger partial charge >= 0.3 is 0 Å². The summed E-state index contributed by atoms with van der Waals surface area (Å²) in [6.45, 7) is 1.83. The highest BCUT2D eigenvalue weighted by Crippen LogP contribution is 2.39. The molecule has 136 valence electrons. The van der Waals surface area contributed by atoms with E-state index in [4.69, 9.17) is 11.6 Å². The van der Waals surface area contributed by atoms with Crippen molar-refractivity contribution in [3.63, 3.8) is 0 Å². The van der Waals surface area contributed by atoms with Gasteiger partial charge < -0.3 is 0 Å². The van der Waals surface area contributed by atoms with Crippen LogP contribution in [0.4, 0.5) is 5.00 Å². The maximum atomic E-state index is 12.8. The number of aromatic nitrogens is 2. The molecule has 7 heteroatoms. The topological polar surface area (TPSA) is 73.9 Å². The minimum atomic E-state index is -0.196. The highest BCUT2D eigenvalue weighted by Gasteiger charge is 2.20. The Morgan fingerprint density at radius 3 is 2.96 bits per heavy atom. The van der Waals surface area contributed by atoms with Gasteiger partial charge in [-0.25, -0.2) is 9.67 Å². The van der Waals surface area contributed by atoms with Crippen LogP contribution in [0.25, 0.3) is 5.69 Å². The highest BCUT2D eigenvalue weighted by molar-refractivity contribution is 7.16. The number of fused-ring (bicyclic) bond motifs is 1. The van der Waals surface area contributed by atoms with E-state index in [-0.39, 0.29) is 5.56 Å². The van der Waals surface area contributed by atoms with Gasteiger partial charge in [0.2, 0.25) is 0 Å². The maximum absolute atomic E-state index is 12.8. The average molecular weight is 397 g/mol. The zero-order valence-corrected chi connectivity index (χ0v) is 16.3. The lowest BCUT2D eigenvalue weighted by Crippen LogP contribution is -2.17. The molecule has 4 rings (SSSR count). The third-order valence-corrected chi connectivity index (χ3v) is 6.19. The molecule has 5 nitrogen and oxygen atoms in total. The Labute approximate surface area is 165 Å². The number of aliphatic imine (C=N–C) groups is 1. The molecule has 0 radical (unpaired) electrons. The second-order valence-corrected chi connectivity index (χ2v) is 8.05. The van der Waals surface area contributed by atoms with Gasteiger partial charge in [-0.05, 0) is 56.4 Å². The summed E-state index contributed by atoms with van der Waals surface area (Å²) in [4.78, 5) is 18.6. The largest absolute Gasteiger partial charge is 0.295 e. The number of halogens is 1. The molecular weight excluding hydrogens is 380 g/mol. The molecule has 0 saturated heterocycles. The molecule has 1 aliphatic carbocycles. The molecule has 0 aliphatic heterocycles. The number of benzene rings is 1. The first kappa shape index (κ1) is 17.8. The number of rotatable bonds is 3. The van der Waals surface area contributed by atoms with E-state index in [1.807, 2.05) is 13.0 Å². The minimum absolute atomic E-state index is 0.196. The van der Waals surface area contributed by atoms with Crippen molar-refractivity contribution in [2.24, 2.45) is 4.99 Å². The first-order valence-electron chi connectivity index (χ1n) is 8.74. The van der Waals surface area contributed by atoms with Gasteiger partial charge in [0.25, 0.3) is 5.56 Å². The van der Waals surface area contributed by atoms with Gasteiger partial charge in [0.05, 0.1) is 16.8 Å². The lowest BCUT2D eigenvalue weighted by atomic mass is 9.96. The van der Waals surface area contributed by atoms with Crippen molar-refractivity contribution in [2.45, 2.75) is 32.6 Å². The zero-order chi connectivity index (χ0) is 19.0. The van der Waals surface area contributed by atoms with Crippen LogP contribution >= 0.6 is 22.9 Å². The lowest BCUT2D eigenvalue weighted by Gasteiger charge is -2.09. The summed E-state index contributed by atoms with van der Waals surface area (Å²) >= 11 is 7.60. The predicted octanol–water partition coefficient (Wildman–Crippen LogP) is 4.69. The van der Waals surface area contributed by atoms with Crippen molar-refractivity contribution in [3.05, 3.63) is 66.9 Å². The third kappa shape index (κ3) is 3.25. The Hall–Kier alpha value is -2.62. The Morgan fingerprint density at radius 1 is 1.37 bits per heavy atom. The van der Waals surface area contributed by atoms with Gasteiger partial charge in [-0.2, -0.15) is 5.26 Å². The molecular formula is C20H17ClN4OS. The van der Waals surface area contributed by atoms with E-state index in [9.17, 15) is 10.1 Å². The number of aromatic amines is 1. The summed E-state index contributed by atoms with van der Waals surface area (Å²) in [6, 6.07) is 9.39. The second kappa shape index (κ2) is 7.18. The summed E-state index contributed by atoms with van der Waals surface area (Å²) in [5, 5.41) is 13.9. The van der Waals surface area contributed by atoms with E-state index in [0.29, 0.717) is 32.5 Å². The summed E-state index contributed by atoms with van der Waals surface area (Å²) in [7, 11) is 0. The van der Waals surface area contributed by atoms with Crippen LogP contribution in [0.3, 0.4) is 0 Å². The van der Waals surface area contributed by atoms with Crippen LogP contribution in [-0.2, 0) is 12.8 Å². The van der Waals surface area contributed by atoms with Crippen LogP contribution in [0, 0.1) is 18.3 Å². The van der Waals surface area contributed by atoms with Crippen molar-refractivity contribution < 1.29 is 0 Å². The van der Waals surface area contributed by atoms with Gasteiger partial charge in [-0.1, -0.05) is 17.7 Å². The summed E-state index contributed by atoms with van der Waals surface area (Å²) < 4.78 is 1.45. The fourth-order valence-corrected chi connectivity index (χ4v) is 4.76.